The van der Waals surface area contributed by atoms with Crippen LogP contribution >= 0.6 is 0 Å². The molecule has 2 unspecified atom stereocenters. The molecule has 0 aromatic carbocycles. The molecule has 1 saturated heterocycles. The van der Waals surface area contributed by atoms with Gasteiger partial charge in [0.1, 0.15) is 0 Å². The Kier molecular flexibility index (Phi) is 2.07. The van der Waals surface area contributed by atoms with Crippen LogP contribution in [-0.2, 0) is 4.79 Å². The Balaban J connectivity index is 2.57. The molecule has 1 aliphatic heterocycles. The summed E-state index contributed by atoms with van der Waals surface area (Å²) in [6.07, 6.45) is 0.635. The smallest absolute Gasteiger partial charge is 0.233 e. The molecule has 0 aliphatic carbocycles. The fourth-order valence-electron chi connectivity index (χ4n) is 1.24. The lowest BCUT2D eigenvalue weighted by Crippen LogP contribution is -2.49. The van der Waals surface area contributed by atoms with Gasteiger partial charge in [-0.25, -0.2) is 0 Å². The fourth-order valence-corrected chi connectivity index (χ4v) is 1.24. The number of carbonyl (C=O) groups excluding carboxylic acids is 1. The second-order valence-electron chi connectivity index (χ2n) is 2.75. The number of carbonyl (C=O) groups is 1. The second-order valence-corrected chi connectivity index (χ2v) is 2.75. The van der Waals surface area contributed by atoms with E-state index in [1.807, 2.05) is 0 Å². The van der Waals surface area contributed by atoms with E-state index in [2.05, 4.69) is 5.32 Å². The molecule has 1 heterocycles. The third-order valence-corrected chi connectivity index (χ3v) is 1.90. The average Bonchev–Trinajstić information content (AvgIpc) is 1.85. The maximum absolute atomic E-state index is 10.7. The van der Waals surface area contributed by atoms with Gasteiger partial charge in [0.05, 0.1) is 6.04 Å². The summed E-state index contributed by atoms with van der Waals surface area (Å²) in [5.41, 5.74) is 0. The zero-order valence-corrected chi connectivity index (χ0v) is 6.24. The Hall–Kier alpha value is -1.13. The Bertz CT molecular complexity index is 192. The van der Waals surface area contributed by atoms with Crippen molar-refractivity contribution < 1.29 is 9.72 Å². The quantitative estimate of drug-likeness (QED) is 0.429. The van der Waals surface area contributed by atoms with Gasteiger partial charge in [0, 0.05) is 17.8 Å². The molecule has 11 heavy (non-hydrogen) atoms. The molecule has 5 heteroatoms. The third-order valence-electron chi connectivity index (χ3n) is 1.90. The van der Waals surface area contributed by atoms with Crippen LogP contribution in [0.2, 0.25) is 0 Å². The SMILES string of the molecule is CC1NC(=O)CCC1[N+](=O)[O-]. The number of nitrogens with one attached hydrogen (secondary N) is 1. The number of hydrogen-bond acceptors (Lipinski definition) is 3. The zero-order chi connectivity index (χ0) is 8.43. The Morgan fingerprint density at radius 1 is 1.73 bits per heavy atom. The molecule has 0 saturated carbocycles. The van der Waals surface area contributed by atoms with Crippen LogP contribution in [0, 0.1) is 10.1 Å². The monoisotopic (exact) mass is 158 g/mol. The van der Waals surface area contributed by atoms with Gasteiger partial charge in [-0.2, -0.15) is 0 Å². The number of amides is 1. The highest BCUT2D eigenvalue weighted by Crippen LogP contribution is 2.11. The van der Waals surface area contributed by atoms with Gasteiger partial charge in [-0.15, -0.1) is 0 Å². The van der Waals surface area contributed by atoms with Gasteiger partial charge in [-0.3, -0.25) is 14.9 Å². The lowest BCUT2D eigenvalue weighted by atomic mass is 10.0. The molecule has 0 aromatic rings. The molecule has 1 N–H and O–H groups in total. The number of rotatable bonds is 1. The van der Waals surface area contributed by atoms with Gasteiger partial charge in [-0.1, -0.05) is 0 Å². The number of nitrogens with zero attached hydrogens (tertiary/aromatic N) is 1. The van der Waals surface area contributed by atoms with Crippen LogP contribution in [0.5, 0.6) is 0 Å². The Labute approximate surface area is 63.9 Å². The minimum atomic E-state index is -0.604. The van der Waals surface area contributed by atoms with Crippen molar-refractivity contribution in [3.05, 3.63) is 10.1 Å². The molecule has 62 valence electrons. The molecule has 2 atom stereocenters. The van der Waals surface area contributed by atoms with Gasteiger partial charge >= 0.3 is 0 Å². The minimum absolute atomic E-state index is 0.0874. The van der Waals surface area contributed by atoms with Crippen LogP contribution in [0.1, 0.15) is 19.8 Å². The van der Waals surface area contributed by atoms with Crippen LogP contribution in [0.25, 0.3) is 0 Å². The van der Waals surface area contributed by atoms with E-state index in [1.54, 1.807) is 6.92 Å². The maximum Gasteiger partial charge on any atom is 0.233 e. The summed E-state index contributed by atoms with van der Waals surface area (Å²) in [6, 6.07) is -0.932. The molecular formula is C6H10N2O3. The van der Waals surface area contributed by atoms with Gasteiger partial charge in [0.15, 0.2) is 0 Å². The maximum atomic E-state index is 10.7. The molecule has 0 aromatic heterocycles. The van der Waals surface area contributed by atoms with E-state index in [-0.39, 0.29) is 23.3 Å². The topological polar surface area (TPSA) is 72.2 Å². The fraction of sp³-hybridized carbons (Fsp3) is 0.833. The van der Waals surface area contributed by atoms with E-state index in [0.29, 0.717) is 6.42 Å². The van der Waals surface area contributed by atoms with Crippen molar-refractivity contribution in [1.29, 1.82) is 0 Å². The van der Waals surface area contributed by atoms with E-state index in [4.69, 9.17) is 0 Å². The summed E-state index contributed by atoms with van der Waals surface area (Å²) < 4.78 is 0. The van der Waals surface area contributed by atoms with Crippen molar-refractivity contribution in [2.75, 3.05) is 0 Å². The lowest BCUT2D eigenvalue weighted by Gasteiger charge is -2.22. The molecule has 1 fully saturated rings. The van der Waals surface area contributed by atoms with E-state index in [9.17, 15) is 14.9 Å². The van der Waals surface area contributed by atoms with Crippen molar-refractivity contribution in [3.63, 3.8) is 0 Å². The molecule has 1 amide bonds. The van der Waals surface area contributed by atoms with Crippen molar-refractivity contribution >= 4 is 5.91 Å². The Morgan fingerprint density at radius 2 is 2.36 bits per heavy atom. The second kappa shape index (κ2) is 2.86. The zero-order valence-electron chi connectivity index (χ0n) is 6.24. The van der Waals surface area contributed by atoms with Crippen LogP contribution in [-0.4, -0.2) is 22.9 Å². The van der Waals surface area contributed by atoms with Crippen LogP contribution in [0.4, 0.5) is 0 Å². The first kappa shape index (κ1) is 7.97. The normalized spacial score (nSPS) is 31.2. The predicted molar refractivity (Wildman–Crippen MR) is 37.6 cm³/mol. The van der Waals surface area contributed by atoms with Crippen LogP contribution < -0.4 is 5.32 Å². The van der Waals surface area contributed by atoms with Gasteiger partial charge in [-0.05, 0) is 6.92 Å². The third kappa shape index (κ3) is 1.66. The molecular weight excluding hydrogens is 148 g/mol. The lowest BCUT2D eigenvalue weighted by molar-refractivity contribution is -0.527. The largest absolute Gasteiger partial charge is 0.347 e. The van der Waals surface area contributed by atoms with E-state index in [1.165, 1.54) is 0 Å². The van der Waals surface area contributed by atoms with Crippen molar-refractivity contribution in [2.24, 2.45) is 0 Å². The first-order chi connectivity index (χ1) is 5.11. The van der Waals surface area contributed by atoms with Crippen LogP contribution in [0.15, 0.2) is 0 Å². The molecule has 0 radical (unpaired) electrons. The molecule has 5 nitrogen and oxygen atoms in total. The molecule has 1 aliphatic rings. The highest BCUT2D eigenvalue weighted by Gasteiger charge is 2.33. The first-order valence-corrected chi connectivity index (χ1v) is 3.54. The Morgan fingerprint density at radius 3 is 2.82 bits per heavy atom. The van der Waals surface area contributed by atoms with Crippen LogP contribution in [0.3, 0.4) is 0 Å². The summed E-state index contributed by atoms with van der Waals surface area (Å²) in [5.74, 6) is -0.0874. The first-order valence-electron chi connectivity index (χ1n) is 3.54. The summed E-state index contributed by atoms with van der Waals surface area (Å²) >= 11 is 0. The van der Waals surface area contributed by atoms with Gasteiger partial charge < -0.3 is 5.32 Å². The summed E-state index contributed by atoms with van der Waals surface area (Å²) in [4.78, 5) is 20.7. The molecule has 0 spiro atoms. The van der Waals surface area contributed by atoms with Crippen molar-refractivity contribution in [3.8, 4) is 0 Å². The van der Waals surface area contributed by atoms with Gasteiger partial charge in [0.25, 0.3) is 0 Å². The highest BCUT2D eigenvalue weighted by molar-refractivity contribution is 5.77. The molecule has 0 bridgehead atoms. The highest BCUT2D eigenvalue weighted by atomic mass is 16.6. The standard InChI is InChI=1S/C6H10N2O3/c1-4-5(8(10)11)2-3-6(9)7-4/h4-5H,2-3H2,1H3,(H,7,9). The van der Waals surface area contributed by atoms with E-state index >= 15 is 0 Å². The van der Waals surface area contributed by atoms with Gasteiger partial charge in [0.2, 0.25) is 11.9 Å². The van der Waals surface area contributed by atoms with Crippen molar-refractivity contribution in [2.45, 2.75) is 31.8 Å². The number of hydrogen-bond donors (Lipinski definition) is 1. The summed E-state index contributed by atoms with van der Waals surface area (Å²) in [5, 5.41) is 12.9. The minimum Gasteiger partial charge on any atom is -0.347 e. The summed E-state index contributed by atoms with van der Waals surface area (Å²) in [7, 11) is 0. The summed E-state index contributed by atoms with van der Waals surface area (Å²) in [6.45, 7) is 1.66. The van der Waals surface area contributed by atoms with E-state index in [0.717, 1.165) is 0 Å². The predicted octanol–water partition coefficient (Wildman–Crippen LogP) is -0.0698. The van der Waals surface area contributed by atoms with Crippen molar-refractivity contribution in [1.82, 2.24) is 5.32 Å². The number of nitro groups is 1. The number of piperidine rings is 1. The molecule has 1 rings (SSSR count). The van der Waals surface area contributed by atoms with E-state index < -0.39 is 6.04 Å². The average molecular weight is 158 g/mol.